The van der Waals surface area contributed by atoms with Gasteiger partial charge in [-0.15, -0.1) is 11.3 Å². The van der Waals surface area contributed by atoms with Gasteiger partial charge in [0.15, 0.2) is 0 Å². The van der Waals surface area contributed by atoms with Gasteiger partial charge in [0, 0.05) is 32.6 Å². The van der Waals surface area contributed by atoms with Gasteiger partial charge in [-0.2, -0.15) is 0 Å². The molecule has 0 saturated carbocycles. The number of nitrogens with zero attached hydrogens (tertiary/aromatic N) is 4. The van der Waals surface area contributed by atoms with Crippen LogP contribution in [0, 0.1) is 19.8 Å². The van der Waals surface area contributed by atoms with E-state index in [0.29, 0.717) is 24.7 Å². The Hall–Kier alpha value is -3.89. The smallest absolute Gasteiger partial charge is 0.407 e. The van der Waals surface area contributed by atoms with E-state index in [9.17, 15) is 19.5 Å². The molecule has 3 aromatic rings. The molecule has 1 saturated heterocycles. The lowest BCUT2D eigenvalue weighted by atomic mass is 9.91. The van der Waals surface area contributed by atoms with Crippen LogP contribution in [0.25, 0.3) is 10.4 Å². The number of likely N-dealkylation sites (tertiary alicyclic amines) is 1. The lowest BCUT2D eigenvalue weighted by molar-refractivity contribution is -0.141. The molecule has 1 aliphatic rings. The molecule has 2 unspecified atom stereocenters. The monoisotopic (exact) mass is 701 g/mol. The van der Waals surface area contributed by atoms with Crippen molar-refractivity contribution in [1.29, 1.82) is 0 Å². The van der Waals surface area contributed by atoms with E-state index >= 15 is 0 Å². The van der Waals surface area contributed by atoms with Crippen molar-refractivity contribution in [3.05, 3.63) is 58.6 Å². The van der Waals surface area contributed by atoms with Gasteiger partial charge < -0.3 is 44.1 Å². The van der Waals surface area contributed by atoms with Crippen LogP contribution in [0.1, 0.15) is 54.9 Å². The van der Waals surface area contributed by atoms with E-state index in [0.717, 1.165) is 26.6 Å². The number of carbonyl (C=O) groups excluding carboxylic acids is 2. The molecule has 4 rings (SSSR count). The van der Waals surface area contributed by atoms with Gasteiger partial charge in [0.05, 0.1) is 73.6 Å². The fourth-order valence-corrected chi connectivity index (χ4v) is 6.43. The van der Waals surface area contributed by atoms with Gasteiger partial charge in [0.25, 0.3) is 0 Å². The predicted octanol–water partition coefficient (Wildman–Crippen LogP) is 3.63. The van der Waals surface area contributed by atoms with Crippen LogP contribution < -0.4 is 5.32 Å². The fourth-order valence-electron chi connectivity index (χ4n) is 5.62. The average Bonchev–Trinajstić information content (AvgIpc) is 3.80. The Bertz CT molecular complexity index is 1510. The molecule has 0 radical (unpaired) electrons. The van der Waals surface area contributed by atoms with Crippen LogP contribution in [-0.4, -0.2) is 120 Å². The fraction of sp³-hybridized carbons (Fsp3) is 0.559. The summed E-state index contributed by atoms with van der Waals surface area (Å²) in [6.07, 6.45) is -1.75. The van der Waals surface area contributed by atoms with Crippen LogP contribution in [0.3, 0.4) is 0 Å². The number of aliphatic hydroxyl groups is 1. The Balaban J connectivity index is 1.39. The number of aryl methyl sites for hydroxylation is 2. The van der Waals surface area contributed by atoms with E-state index in [4.69, 9.17) is 23.8 Å². The van der Waals surface area contributed by atoms with Gasteiger partial charge >= 0.3 is 6.09 Å². The zero-order valence-corrected chi connectivity index (χ0v) is 29.5. The summed E-state index contributed by atoms with van der Waals surface area (Å²) in [6.45, 7) is 9.44. The first-order valence-corrected chi connectivity index (χ1v) is 17.2. The third kappa shape index (κ3) is 10.5. The van der Waals surface area contributed by atoms with Crippen molar-refractivity contribution in [3.63, 3.8) is 0 Å². The first-order chi connectivity index (χ1) is 23.5. The first kappa shape index (κ1) is 37.9. The summed E-state index contributed by atoms with van der Waals surface area (Å²) in [5, 5.41) is 26.5. The molecule has 3 N–H and O–H groups in total. The summed E-state index contributed by atoms with van der Waals surface area (Å²) < 4.78 is 22.4. The molecule has 1 fully saturated rings. The van der Waals surface area contributed by atoms with E-state index < -0.39 is 30.2 Å². The summed E-state index contributed by atoms with van der Waals surface area (Å²) in [5.74, 6) is -1.04. The van der Waals surface area contributed by atoms with Crippen molar-refractivity contribution in [3.8, 4) is 10.4 Å². The number of carbonyl (C=O) groups is 3. The summed E-state index contributed by atoms with van der Waals surface area (Å²) >= 11 is 1.56. The molecule has 268 valence electrons. The Labute approximate surface area is 290 Å². The third-order valence-electron chi connectivity index (χ3n) is 8.31. The number of carboxylic acid groups (broad SMARTS) is 1. The number of likely N-dealkylation sites (N-methyl/N-ethyl adjacent to an activating group) is 1. The van der Waals surface area contributed by atoms with Crippen molar-refractivity contribution in [1.82, 2.24) is 25.3 Å². The third-order valence-corrected chi connectivity index (χ3v) is 9.29. The number of amides is 3. The number of benzene rings is 1. The number of hydrogen-bond donors (Lipinski definition) is 3. The molecule has 15 heteroatoms. The van der Waals surface area contributed by atoms with Crippen LogP contribution in [0.15, 0.2) is 40.4 Å². The standard InChI is InChI=1S/C34H47N5O9S/c1-21(2)30(29-16-22(3)37-48-29)33(42)39-18-26(40)17-28(39)32(41)36-27(24-6-8-25(9-7-24)31-23(4)35-20-49-31)19-47-15-14-46-13-12-45-11-10-38(5)34(43)44/h6-9,16,20-21,26-28,30,40H,10-15,17-19H2,1-5H3,(H,36,41)(H,43,44)/t26-,27?,28+,30?/m1/s1. The van der Waals surface area contributed by atoms with Gasteiger partial charge in [-0.3, -0.25) is 9.59 Å². The molecule has 1 aliphatic heterocycles. The quantitative estimate of drug-likeness (QED) is 0.165. The van der Waals surface area contributed by atoms with Crippen LogP contribution in [0.2, 0.25) is 0 Å². The van der Waals surface area contributed by atoms with Crippen molar-refractivity contribution in [2.24, 2.45) is 5.92 Å². The summed E-state index contributed by atoms with van der Waals surface area (Å²) in [7, 11) is 1.47. The van der Waals surface area contributed by atoms with Crippen molar-refractivity contribution >= 4 is 29.2 Å². The highest BCUT2D eigenvalue weighted by molar-refractivity contribution is 7.13. The van der Waals surface area contributed by atoms with E-state index in [1.807, 2.05) is 45.0 Å². The van der Waals surface area contributed by atoms with E-state index in [-0.39, 0.29) is 63.7 Å². The van der Waals surface area contributed by atoms with Crippen LogP contribution in [0.5, 0.6) is 0 Å². The second kappa shape index (κ2) is 18.2. The molecule has 0 bridgehead atoms. The zero-order chi connectivity index (χ0) is 35.5. The maximum atomic E-state index is 13.9. The number of thiazole rings is 1. The molecular formula is C34H47N5O9S. The number of aromatic nitrogens is 2. The Morgan fingerprint density at radius 2 is 1.76 bits per heavy atom. The van der Waals surface area contributed by atoms with Gasteiger partial charge in [0.2, 0.25) is 11.8 Å². The van der Waals surface area contributed by atoms with Gasteiger partial charge in [-0.25, -0.2) is 9.78 Å². The lowest BCUT2D eigenvalue weighted by Crippen LogP contribution is -2.49. The van der Waals surface area contributed by atoms with Crippen LogP contribution in [0.4, 0.5) is 4.79 Å². The molecule has 14 nitrogen and oxygen atoms in total. The second-order valence-electron chi connectivity index (χ2n) is 12.4. The van der Waals surface area contributed by atoms with Crippen LogP contribution in [-0.2, 0) is 23.8 Å². The summed E-state index contributed by atoms with van der Waals surface area (Å²) in [6, 6.07) is 8.13. The first-order valence-electron chi connectivity index (χ1n) is 16.4. The predicted molar refractivity (Wildman–Crippen MR) is 181 cm³/mol. The maximum Gasteiger partial charge on any atom is 0.407 e. The number of ether oxygens (including phenoxy) is 3. The molecule has 2 aromatic heterocycles. The minimum atomic E-state index is -1.01. The molecular weight excluding hydrogens is 654 g/mol. The SMILES string of the molecule is Cc1cc(C(C(=O)N2C[C@H](O)C[C@H]2C(=O)NC(COCCOCCOCCN(C)C(=O)O)c2ccc(-c3scnc3C)cc2)C(C)C)on1. The highest BCUT2D eigenvalue weighted by Crippen LogP contribution is 2.32. The molecule has 3 heterocycles. The largest absolute Gasteiger partial charge is 0.465 e. The molecule has 3 amide bonds. The van der Waals surface area contributed by atoms with Gasteiger partial charge in [0.1, 0.15) is 17.7 Å². The van der Waals surface area contributed by atoms with Gasteiger partial charge in [-0.1, -0.05) is 43.3 Å². The Kier molecular flexibility index (Phi) is 14.1. The number of hydrogen-bond acceptors (Lipinski definition) is 11. The normalized spacial score (nSPS) is 17.3. The Morgan fingerprint density at radius 1 is 1.08 bits per heavy atom. The van der Waals surface area contributed by atoms with Crippen LogP contribution >= 0.6 is 11.3 Å². The van der Waals surface area contributed by atoms with E-state index in [1.165, 1.54) is 11.9 Å². The highest BCUT2D eigenvalue weighted by Gasteiger charge is 2.43. The average molecular weight is 702 g/mol. The van der Waals surface area contributed by atoms with Crippen molar-refractivity contribution < 1.29 is 43.3 Å². The Morgan fingerprint density at radius 3 is 2.35 bits per heavy atom. The summed E-state index contributed by atoms with van der Waals surface area (Å²) in [5.41, 5.74) is 5.22. The molecule has 0 spiro atoms. The number of aliphatic hydroxyl groups excluding tert-OH is 1. The summed E-state index contributed by atoms with van der Waals surface area (Å²) in [4.78, 5) is 46.6. The lowest BCUT2D eigenvalue weighted by Gasteiger charge is -2.30. The molecule has 0 aliphatic carbocycles. The maximum absolute atomic E-state index is 13.9. The molecule has 4 atom stereocenters. The highest BCUT2D eigenvalue weighted by atomic mass is 32.1. The number of rotatable bonds is 18. The van der Waals surface area contributed by atoms with Crippen molar-refractivity contribution in [2.45, 2.75) is 58.2 Å². The van der Waals surface area contributed by atoms with Crippen molar-refractivity contribution in [2.75, 3.05) is 59.8 Å². The second-order valence-corrected chi connectivity index (χ2v) is 13.3. The van der Waals surface area contributed by atoms with E-state index in [2.05, 4.69) is 15.5 Å². The molecule has 1 aromatic carbocycles. The zero-order valence-electron chi connectivity index (χ0n) is 28.7. The number of nitrogens with one attached hydrogen (secondary N) is 1. The topological polar surface area (TPSA) is 177 Å². The van der Waals surface area contributed by atoms with Gasteiger partial charge in [-0.05, 0) is 30.9 Å². The molecule has 49 heavy (non-hydrogen) atoms. The number of β-amino-alcohol motifs (C(OH)–C–C–N with tert-alkyl or cyclic N) is 1. The minimum absolute atomic E-state index is 0.0363. The minimum Gasteiger partial charge on any atom is -0.465 e. The van der Waals surface area contributed by atoms with E-state index in [1.54, 1.807) is 29.8 Å².